The number of hydrogen-bond acceptors (Lipinski definition) is 2. The molecule has 2 unspecified atom stereocenters. The summed E-state index contributed by atoms with van der Waals surface area (Å²) >= 11 is 2.05. The van der Waals surface area contributed by atoms with Gasteiger partial charge in [0.25, 0.3) is 0 Å². The second-order valence-electron chi connectivity index (χ2n) is 4.95. The molecule has 18 heavy (non-hydrogen) atoms. The van der Waals surface area contributed by atoms with Gasteiger partial charge in [0.2, 0.25) is 0 Å². The maximum Gasteiger partial charge on any atom is 0.0332 e. The lowest BCUT2D eigenvalue weighted by Gasteiger charge is -2.22. The minimum atomic E-state index is 0.897. The van der Waals surface area contributed by atoms with E-state index in [2.05, 4.69) is 34.6 Å². The van der Waals surface area contributed by atoms with Crippen molar-refractivity contribution in [2.24, 2.45) is 5.92 Å². The van der Waals surface area contributed by atoms with Gasteiger partial charge in [-0.05, 0) is 30.7 Å². The van der Waals surface area contributed by atoms with E-state index in [9.17, 15) is 0 Å². The average molecular weight is 263 g/mol. The molecular weight excluding hydrogens is 238 g/mol. The van der Waals surface area contributed by atoms with Gasteiger partial charge in [-0.25, -0.2) is 4.31 Å². The highest BCUT2D eigenvalue weighted by atomic mass is 32.2. The van der Waals surface area contributed by atoms with Crippen molar-refractivity contribution >= 4 is 11.9 Å². The van der Waals surface area contributed by atoms with E-state index < -0.39 is 0 Å². The summed E-state index contributed by atoms with van der Waals surface area (Å²) in [5, 5.41) is 0. The van der Waals surface area contributed by atoms with E-state index >= 15 is 0 Å². The lowest BCUT2D eigenvalue weighted by Crippen LogP contribution is -2.23. The third kappa shape index (κ3) is 3.30. The van der Waals surface area contributed by atoms with E-state index in [1.165, 1.54) is 37.8 Å². The summed E-state index contributed by atoms with van der Waals surface area (Å²) < 4.78 is 2.66. The predicted molar refractivity (Wildman–Crippen MR) is 81.5 cm³/mol. The molecule has 0 amide bonds. The zero-order valence-corrected chi connectivity index (χ0v) is 12.5. The zero-order chi connectivity index (χ0) is 12.8. The van der Waals surface area contributed by atoms with Crippen LogP contribution in [0.4, 0.5) is 0 Å². The van der Waals surface area contributed by atoms with Crippen LogP contribution in [0.25, 0.3) is 0 Å². The van der Waals surface area contributed by atoms with Gasteiger partial charge >= 0.3 is 0 Å². The molecule has 1 nitrogen and oxygen atoms in total. The topological polar surface area (TPSA) is 3.24 Å². The number of nitrogens with zero attached hydrogens (tertiary/aromatic N) is 1. The van der Waals surface area contributed by atoms with Gasteiger partial charge in [-0.3, -0.25) is 0 Å². The van der Waals surface area contributed by atoms with Crippen LogP contribution in [0.2, 0.25) is 0 Å². The quantitative estimate of drug-likeness (QED) is 0.725. The Balaban J connectivity index is 0.000000574. The maximum absolute atomic E-state index is 2.66. The highest BCUT2D eigenvalue weighted by Gasteiger charge is 2.37. The summed E-state index contributed by atoms with van der Waals surface area (Å²) in [6.45, 7) is 5.31. The first-order chi connectivity index (χ1) is 8.93. The Hall–Kier alpha value is -0.470. The molecule has 0 bridgehead atoms. The number of rotatable bonds is 3. The smallest absolute Gasteiger partial charge is 0.0332 e. The van der Waals surface area contributed by atoms with Crippen molar-refractivity contribution in [1.29, 1.82) is 0 Å². The summed E-state index contributed by atoms with van der Waals surface area (Å²) in [7, 11) is 0. The molecule has 2 fully saturated rings. The highest BCUT2D eigenvalue weighted by molar-refractivity contribution is 7.96. The minimum absolute atomic E-state index is 0.897. The van der Waals surface area contributed by atoms with Crippen LogP contribution in [0.1, 0.15) is 45.1 Å². The van der Waals surface area contributed by atoms with Crippen molar-refractivity contribution < 1.29 is 0 Å². The Bertz CT molecular complexity index is 338. The van der Waals surface area contributed by atoms with E-state index in [0.717, 1.165) is 17.7 Å². The Labute approximate surface area is 116 Å². The second-order valence-corrected chi connectivity index (χ2v) is 5.96. The highest BCUT2D eigenvalue weighted by Crippen LogP contribution is 2.41. The Morgan fingerprint density at radius 3 is 2.67 bits per heavy atom. The summed E-state index contributed by atoms with van der Waals surface area (Å²) in [6.07, 6.45) is 5.81. The molecule has 100 valence electrons. The zero-order valence-electron chi connectivity index (χ0n) is 11.6. The number of benzene rings is 1. The molecule has 0 spiro atoms. The average Bonchev–Trinajstić information content (AvgIpc) is 3.03. The van der Waals surface area contributed by atoms with Crippen LogP contribution in [-0.4, -0.2) is 16.9 Å². The van der Waals surface area contributed by atoms with Crippen LogP contribution in [-0.2, 0) is 5.75 Å². The van der Waals surface area contributed by atoms with Crippen molar-refractivity contribution in [2.75, 3.05) is 6.54 Å². The first-order valence-electron chi connectivity index (χ1n) is 7.37. The molecule has 1 aliphatic carbocycles. The SMILES string of the molecule is CC.c1ccc(CSN2CCC3CCCC32)cc1. The van der Waals surface area contributed by atoms with Crippen LogP contribution in [0, 0.1) is 5.92 Å². The van der Waals surface area contributed by atoms with E-state index in [0.29, 0.717) is 0 Å². The van der Waals surface area contributed by atoms with Crippen molar-refractivity contribution in [3.8, 4) is 0 Å². The van der Waals surface area contributed by atoms with E-state index in [-0.39, 0.29) is 0 Å². The van der Waals surface area contributed by atoms with Crippen LogP contribution < -0.4 is 0 Å². The fraction of sp³-hybridized carbons (Fsp3) is 0.625. The van der Waals surface area contributed by atoms with Crippen molar-refractivity contribution in [3.63, 3.8) is 0 Å². The fourth-order valence-electron chi connectivity index (χ4n) is 3.08. The van der Waals surface area contributed by atoms with E-state index in [4.69, 9.17) is 0 Å². The minimum Gasteiger partial charge on any atom is -0.247 e. The van der Waals surface area contributed by atoms with Gasteiger partial charge in [0.15, 0.2) is 0 Å². The van der Waals surface area contributed by atoms with Crippen molar-refractivity contribution in [1.82, 2.24) is 4.31 Å². The predicted octanol–water partition coefficient (Wildman–Crippen LogP) is 4.74. The van der Waals surface area contributed by atoms with E-state index in [1.54, 1.807) is 0 Å². The molecular formula is C16H25NS. The molecule has 3 rings (SSSR count). The standard InChI is InChI=1S/C14H19NS.C2H6/c1-2-5-12(6-3-1)11-16-15-10-9-13-7-4-8-14(13)15;1-2/h1-3,5-6,13-14H,4,7-11H2;1-2H3. The van der Waals surface area contributed by atoms with Gasteiger partial charge < -0.3 is 0 Å². The van der Waals surface area contributed by atoms with Crippen molar-refractivity contribution in [3.05, 3.63) is 35.9 Å². The van der Waals surface area contributed by atoms with Crippen LogP contribution in [0.15, 0.2) is 30.3 Å². The van der Waals surface area contributed by atoms with Gasteiger partial charge in [0, 0.05) is 18.3 Å². The summed E-state index contributed by atoms with van der Waals surface area (Å²) in [5.74, 6) is 2.16. The third-order valence-electron chi connectivity index (χ3n) is 3.95. The monoisotopic (exact) mass is 263 g/mol. The lowest BCUT2D eigenvalue weighted by molar-refractivity contribution is 0.405. The molecule has 0 aromatic heterocycles. The fourth-order valence-corrected chi connectivity index (χ4v) is 4.29. The van der Waals surface area contributed by atoms with Crippen LogP contribution in [0.5, 0.6) is 0 Å². The number of fused-ring (bicyclic) bond motifs is 1. The normalized spacial score (nSPS) is 26.6. The summed E-state index contributed by atoms with van der Waals surface area (Å²) in [5.41, 5.74) is 1.45. The molecule has 0 N–H and O–H groups in total. The second kappa shape index (κ2) is 7.20. The summed E-state index contributed by atoms with van der Waals surface area (Å²) in [4.78, 5) is 0. The lowest BCUT2D eigenvalue weighted by atomic mass is 10.1. The molecule has 2 atom stereocenters. The van der Waals surface area contributed by atoms with Crippen LogP contribution in [0.3, 0.4) is 0 Å². The molecule has 2 heteroatoms. The van der Waals surface area contributed by atoms with Gasteiger partial charge in [-0.2, -0.15) is 0 Å². The molecule has 2 aliphatic rings. The van der Waals surface area contributed by atoms with Gasteiger partial charge in [-0.1, -0.05) is 62.5 Å². The Morgan fingerprint density at radius 2 is 1.89 bits per heavy atom. The first kappa shape index (κ1) is 14.0. The van der Waals surface area contributed by atoms with Crippen molar-refractivity contribution in [2.45, 2.75) is 51.3 Å². The molecule has 1 saturated heterocycles. The molecule has 1 heterocycles. The Morgan fingerprint density at radius 1 is 1.11 bits per heavy atom. The van der Waals surface area contributed by atoms with E-state index in [1.807, 2.05) is 25.8 Å². The maximum atomic E-state index is 2.66. The Kier molecular flexibility index (Phi) is 5.58. The first-order valence-corrected chi connectivity index (χ1v) is 8.31. The van der Waals surface area contributed by atoms with Crippen LogP contribution >= 0.6 is 11.9 Å². The largest absolute Gasteiger partial charge is 0.247 e. The van der Waals surface area contributed by atoms with Gasteiger partial charge in [0.05, 0.1) is 0 Å². The van der Waals surface area contributed by atoms with Gasteiger partial charge in [0.1, 0.15) is 0 Å². The van der Waals surface area contributed by atoms with Gasteiger partial charge in [-0.15, -0.1) is 0 Å². The molecule has 1 aromatic rings. The number of hydrogen-bond donors (Lipinski definition) is 0. The third-order valence-corrected chi connectivity index (χ3v) is 5.20. The summed E-state index contributed by atoms with van der Waals surface area (Å²) in [6, 6.07) is 11.7. The molecule has 0 radical (unpaired) electrons. The molecule has 1 aromatic carbocycles. The molecule has 1 saturated carbocycles. The molecule has 1 aliphatic heterocycles.